The molecule has 0 saturated carbocycles. The molecular formula is C20H16Cl3N3O. The van der Waals surface area contributed by atoms with E-state index in [4.69, 9.17) is 34.8 Å². The molecule has 0 unspecified atom stereocenters. The molecule has 0 fully saturated rings. The maximum Gasteiger partial charge on any atom is 0.271 e. The summed E-state index contributed by atoms with van der Waals surface area (Å²) in [4.78, 5) is 12.1. The van der Waals surface area contributed by atoms with E-state index < -0.39 is 0 Å². The summed E-state index contributed by atoms with van der Waals surface area (Å²) in [5.74, 6) is -0.307. The molecule has 2 aromatic carbocycles. The molecular weight excluding hydrogens is 405 g/mol. The normalized spacial score (nSPS) is 11.1. The first-order chi connectivity index (χ1) is 12.8. The lowest BCUT2D eigenvalue weighted by Crippen LogP contribution is -2.17. The second-order valence-electron chi connectivity index (χ2n) is 6.00. The number of aromatic nitrogens is 1. The van der Waals surface area contributed by atoms with E-state index >= 15 is 0 Å². The maximum absolute atomic E-state index is 12.1. The minimum atomic E-state index is -0.307. The molecule has 138 valence electrons. The lowest BCUT2D eigenvalue weighted by atomic mass is 10.2. The van der Waals surface area contributed by atoms with E-state index in [1.807, 2.05) is 36.6 Å². The number of hydrogen-bond acceptors (Lipinski definition) is 2. The van der Waals surface area contributed by atoms with Crippen LogP contribution in [0.3, 0.4) is 0 Å². The fourth-order valence-corrected chi connectivity index (χ4v) is 3.45. The Kier molecular flexibility index (Phi) is 5.90. The van der Waals surface area contributed by atoms with Crippen LogP contribution in [0.1, 0.15) is 27.3 Å². The van der Waals surface area contributed by atoms with E-state index in [9.17, 15) is 4.79 Å². The highest BCUT2D eigenvalue weighted by molar-refractivity contribution is 6.34. The molecule has 0 bridgehead atoms. The van der Waals surface area contributed by atoms with E-state index in [0.29, 0.717) is 20.6 Å². The smallest absolute Gasteiger partial charge is 0.271 e. The van der Waals surface area contributed by atoms with Crippen LogP contribution >= 0.6 is 34.8 Å². The maximum atomic E-state index is 12.1. The van der Waals surface area contributed by atoms with Gasteiger partial charge < -0.3 is 4.57 Å². The first-order valence-electron chi connectivity index (χ1n) is 8.09. The number of nitrogens with zero attached hydrogens (tertiary/aromatic N) is 2. The standard InChI is InChI=1S/C20H16Cl3N3O/c1-12-7-15(11-24-25-20(27)14-3-5-16(21)6-4-14)13(2)26(12)19-9-17(22)8-18(23)10-19/h3-11H,1-2H3,(H,25,27)/b24-11-. The Hall–Kier alpha value is -2.27. The van der Waals surface area contributed by atoms with Crippen molar-refractivity contribution in [2.75, 3.05) is 0 Å². The van der Waals surface area contributed by atoms with Gasteiger partial charge in [-0.1, -0.05) is 34.8 Å². The van der Waals surface area contributed by atoms with Gasteiger partial charge in [0.15, 0.2) is 0 Å². The van der Waals surface area contributed by atoms with Crippen LogP contribution in [-0.4, -0.2) is 16.7 Å². The second-order valence-corrected chi connectivity index (χ2v) is 7.30. The first kappa shape index (κ1) is 19.5. The lowest BCUT2D eigenvalue weighted by Gasteiger charge is -2.10. The molecule has 1 N–H and O–H groups in total. The van der Waals surface area contributed by atoms with Crippen LogP contribution in [0.15, 0.2) is 53.6 Å². The van der Waals surface area contributed by atoms with E-state index in [1.165, 1.54) is 0 Å². The highest BCUT2D eigenvalue weighted by Gasteiger charge is 2.11. The predicted octanol–water partition coefficient (Wildman–Crippen LogP) is 5.82. The van der Waals surface area contributed by atoms with Crippen molar-refractivity contribution in [3.63, 3.8) is 0 Å². The SMILES string of the molecule is Cc1cc(/C=N\NC(=O)c2ccc(Cl)cc2)c(C)n1-c1cc(Cl)cc(Cl)c1. The van der Waals surface area contributed by atoms with Crippen molar-refractivity contribution < 1.29 is 4.79 Å². The Labute approximate surface area is 172 Å². The molecule has 0 aliphatic heterocycles. The lowest BCUT2D eigenvalue weighted by molar-refractivity contribution is 0.0955. The quantitative estimate of drug-likeness (QED) is 0.419. The van der Waals surface area contributed by atoms with Gasteiger partial charge in [-0.05, 0) is 62.4 Å². The minimum absolute atomic E-state index is 0.307. The zero-order chi connectivity index (χ0) is 19.6. The Morgan fingerprint density at radius 1 is 0.963 bits per heavy atom. The molecule has 0 saturated heterocycles. The van der Waals surface area contributed by atoms with E-state index in [2.05, 4.69) is 10.5 Å². The fourth-order valence-electron chi connectivity index (χ4n) is 2.81. The number of hydrazone groups is 1. The Morgan fingerprint density at radius 2 is 1.59 bits per heavy atom. The van der Waals surface area contributed by atoms with Crippen molar-refractivity contribution in [3.05, 3.63) is 86.1 Å². The molecule has 27 heavy (non-hydrogen) atoms. The highest BCUT2D eigenvalue weighted by atomic mass is 35.5. The summed E-state index contributed by atoms with van der Waals surface area (Å²) in [5.41, 5.74) is 6.69. The number of halogens is 3. The number of aryl methyl sites for hydroxylation is 1. The Balaban J connectivity index is 1.81. The molecule has 0 spiro atoms. The van der Waals surface area contributed by atoms with Crippen molar-refractivity contribution in [1.29, 1.82) is 0 Å². The number of rotatable bonds is 4. The molecule has 1 heterocycles. The largest absolute Gasteiger partial charge is 0.318 e. The summed E-state index contributed by atoms with van der Waals surface area (Å²) in [6, 6.07) is 13.9. The first-order valence-corrected chi connectivity index (χ1v) is 9.23. The summed E-state index contributed by atoms with van der Waals surface area (Å²) < 4.78 is 2.03. The number of carbonyl (C=O) groups excluding carboxylic acids is 1. The number of hydrogen-bond donors (Lipinski definition) is 1. The van der Waals surface area contributed by atoms with Gasteiger partial charge in [-0.15, -0.1) is 0 Å². The van der Waals surface area contributed by atoms with Gasteiger partial charge >= 0.3 is 0 Å². The number of carbonyl (C=O) groups is 1. The predicted molar refractivity (Wildman–Crippen MR) is 112 cm³/mol. The van der Waals surface area contributed by atoms with Crippen LogP contribution in [0, 0.1) is 13.8 Å². The van der Waals surface area contributed by atoms with Gasteiger partial charge in [0.2, 0.25) is 0 Å². The summed E-state index contributed by atoms with van der Waals surface area (Å²) >= 11 is 18.1. The van der Waals surface area contributed by atoms with E-state index in [1.54, 1.807) is 36.5 Å². The molecule has 7 heteroatoms. The average Bonchev–Trinajstić information content (AvgIpc) is 2.88. The minimum Gasteiger partial charge on any atom is -0.318 e. The molecule has 1 amide bonds. The van der Waals surface area contributed by atoms with Crippen molar-refractivity contribution in [3.8, 4) is 5.69 Å². The Morgan fingerprint density at radius 3 is 2.22 bits per heavy atom. The highest BCUT2D eigenvalue weighted by Crippen LogP contribution is 2.26. The van der Waals surface area contributed by atoms with Gasteiger partial charge in [0.1, 0.15) is 0 Å². The number of benzene rings is 2. The van der Waals surface area contributed by atoms with Crippen LogP contribution < -0.4 is 5.43 Å². The van der Waals surface area contributed by atoms with E-state index in [-0.39, 0.29) is 5.91 Å². The average molecular weight is 421 g/mol. The summed E-state index contributed by atoms with van der Waals surface area (Å²) in [5, 5.41) is 5.76. The van der Waals surface area contributed by atoms with Crippen molar-refractivity contribution in [1.82, 2.24) is 9.99 Å². The molecule has 0 atom stereocenters. The zero-order valence-electron chi connectivity index (χ0n) is 14.6. The van der Waals surface area contributed by atoms with Crippen LogP contribution in [0.4, 0.5) is 0 Å². The van der Waals surface area contributed by atoms with Crippen LogP contribution in [0.5, 0.6) is 0 Å². The van der Waals surface area contributed by atoms with Gasteiger partial charge in [-0.25, -0.2) is 5.43 Å². The molecule has 0 radical (unpaired) electrons. The van der Waals surface area contributed by atoms with Crippen molar-refractivity contribution in [2.24, 2.45) is 5.10 Å². The van der Waals surface area contributed by atoms with Crippen LogP contribution in [-0.2, 0) is 0 Å². The zero-order valence-corrected chi connectivity index (χ0v) is 16.9. The molecule has 0 aliphatic rings. The summed E-state index contributed by atoms with van der Waals surface area (Å²) in [6.07, 6.45) is 1.61. The van der Waals surface area contributed by atoms with Gasteiger partial charge in [-0.2, -0.15) is 5.10 Å². The molecule has 3 aromatic rings. The van der Waals surface area contributed by atoms with Gasteiger partial charge in [0.25, 0.3) is 5.91 Å². The molecule has 1 aromatic heterocycles. The third-order valence-corrected chi connectivity index (χ3v) is 4.74. The van der Waals surface area contributed by atoms with Crippen LogP contribution in [0.2, 0.25) is 15.1 Å². The third-order valence-electron chi connectivity index (χ3n) is 4.05. The monoisotopic (exact) mass is 419 g/mol. The Bertz CT molecular complexity index is 1000. The molecule has 4 nitrogen and oxygen atoms in total. The van der Waals surface area contributed by atoms with Crippen molar-refractivity contribution in [2.45, 2.75) is 13.8 Å². The van der Waals surface area contributed by atoms with Crippen molar-refractivity contribution >= 4 is 46.9 Å². The summed E-state index contributed by atoms with van der Waals surface area (Å²) in [6.45, 7) is 3.94. The van der Waals surface area contributed by atoms with Gasteiger partial charge in [0.05, 0.1) is 6.21 Å². The van der Waals surface area contributed by atoms with Gasteiger partial charge in [0, 0.05) is 43.3 Å². The number of nitrogens with one attached hydrogen (secondary N) is 1. The third kappa shape index (κ3) is 4.53. The number of amides is 1. The second kappa shape index (κ2) is 8.17. The van der Waals surface area contributed by atoms with E-state index in [0.717, 1.165) is 22.6 Å². The topological polar surface area (TPSA) is 46.4 Å². The summed E-state index contributed by atoms with van der Waals surface area (Å²) in [7, 11) is 0. The van der Waals surface area contributed by atoms with Crippen LogP contribution in [0.25, 0.3) is 5.69 Å². The fraction of sp³-hybridized carbons (Fsp3) is 0.100. The van der Waals surface area contributed by atoms with Gasteiger partial charge in [-0.3, -0.25) is 4.79 Å². The molecule has 3 rings (SSSR count). The molecule has 0 aliphatic carbocycles.